The van der Waals surface area contributed by atoms with Gasteiger partial charge in [0.1, 0.15) is 17.0 Å². The Morgan fingerprint density at radius 1 is 1.19 bits per heavy atom. The Morgan fingerprint density at radius 3 is 2.88 bits per heavy atom. The van der Waals surface area contributed by atoms with E-state index >= 15 is 0 Å². The molecule has 2 rings (SSSR count). The van der Waals surface area contributed by atoms with Crippen LogP contribution in [0.4, 0.5) is 0 Å². The molecule has 2 aliphatic rings. The monoisotopic (exact) mass is 236 g/mol. The van der Waals surface area contributed by atoms with Crippen molar-refractivity contribution in [3.05, 3.63) is 12.7 Å². The van der Waals surface area contributed by atoms with Crippen molar-refractivity contribution in [2.24, 2.45) is 0 Å². The molecule has 0 aliphatic carbocycles. The van der Waals surface area contributed by atoms with Crippen LogP contribution in [0.3, 0.4) is 0 Å². The van der Waals surface area contributed by atoms with E-state index in [9.17, 15) is 0 Å². The number of unbranched alkanes of at least 4 members (excludes halogenated alkanes) is 3. The summed E-state index contributed by atoms with van der Waals surface area (Å²) in [7, 11) is 0. The van der Waals surface area contributed by atoms with Crippen molar-refractivity contribution in [1.82, 2.24) is 19.5 Å². The van der Waals surface area contributed by atoms with Crippen LogP contribution in [0.5, 0.6) is 0 Å². The normalized spacial score (nSPS) is 11.1. The Labute approximate surface area is 101 Å². The number of fused-ring (bicyclic) bond motifs is 1. The summed E-state index contributed by atoms with van der Waals surface area (Å²) >= 11 is 4.26. The Morgan fingerprint density at radius 2 is 2.06 bits per heavy atom. The summed E-state index contributed by atoms with van der Waals surface area (Å²) < 4.78 is 2.05. The van der Waals surface area contributed by atoms with Crippen LogP contribution in [0.15, 0.2) is 17.7 Å². The van der Waals surface area contributed by atoms with Crippen LogP contribution < -0.4 is 0 Å². The van der Waals surface area contributed by atoms with E-state index in [2.05, 4.69) is 39.1 Å². The molecule has 0 bridgehead atoms. The number of imidazole rings is 1. The molecule has 0 amide bonds. The molecule has 0 aromatic carbocycles. The van der Waals surface area contributed by atoms with E-state index in [1.807, 2.05) is 0 Å². The number of aryl methyl sites for hydroxylation is 1. The van der Waals surface area contributed by atoms with Gasteiger partial charge >= 0.3 is 0 Å². The topological polar surface area (TPSA) is 43.6 Å². The van der Waals surface area contributed by atoms with Gasteiger partial charge in [0, 0.05) is 6.54 Å². The third-order valence-corrected chi connectivity index (χ3v) is 2.96. The van der Waals surface area contributed by atoms with Gasteiger partial charge in [-0.15, -0.1) is 12.6 Å². The molecule has 0 fully saturated rings. The van der Waals surface area contributed by atoms with Crippen LogP contribution in [-0.2, 0) is 6.54 Å². The second-order valence-electron chi connectivity index (χ2n) is 3.87. The minimum Gasteiger partial charge on any atom is -0.315 e. The zero-order chi connectivity index (χ0) is 11.4. The molecule has 16 heavy (non-hydrogen) atoms. The van der Waals surface area contributed by atoms with E-state index in [0.717, 1.165) is 24.5 Å². The molecule has 0 aromatic rings. The van der Waals surface area contributed by atoms with Crippen molar-refractivity contribution in [3.8, 4) is 11.5 Å². The highest BCUT2D eigenvalue weighted by atomic mass is 32.1. The van der Waals surface area contributed by atoms with Crippen molar-refractivity contribution < 1.29 is 0 Å². The lowest BCUT2D eigenvalue weighted by molar-refractivity contribution is 0.571. The van der Waals surface area contributed by atoms with Crippen molar-refractivity contribution >= 4 is 12.6 Å². The maximum atomic E-state index is 4.26. The van der Waals surface area contributed by atoms with E-state index in [1.165, 1.54) is 19.3 Å². The fourth-order valence-corrected chi connectivity index (χ4v) is 1.95. The largest absolute Gasteiger partial charge is 0.315 e. The average molecular weight is 236 g/mol. The van der Waals surface area contributed by atoms with Gasteiger partial charge < -0.3 is 4.57 Å². The molecule has 0 N–H and O–H groups in total. The molecular weight excluding hydrogens is 220 g/mol. The summed E-state index contributed by atoms with van der Waals surface area (Å²) in [5.41, 5.74) is 0.793. The van der Waals surface area contributed by atoms with Gasteiger partial charge in [-0.3, -0.25) is 0 Å². The maximum Gasteiger partial charge on any atom is 0.164 e. The van der Waals surface area contributed by atoms with E-state index in [1.54, 1.807) is 12.7 Å². The quantitative estimate of drug-likeness (QED) is 0.493. The second kappa shape index (κ2) is 5.30. The molecule has 5 heteroatoms. The molecule has 0 saturated heterocycles. The number of nitrogens with zero attached hydrogens (tertiary/aromatic N) is 4. The SMILES string of the molecule is CCCCCCn1cnc(S)c2ncnc1-2. The number of hydrogen-bond donors (Lipinski definition) is 1. The molecule has 2 aliphatic heterocycles. The van der Waals surface area contributed by atoms with Crippen LogP contribution in [0.25, 0.3) is 11.5 Å². The predicted molar refractivity (Wildman–Crippen MR) is 65.8 cm³/mol. The molecule has 0 saturated carbocycles. The Balaban J connectivity index is 2.07. The first-order valence-electron chi connectivity index (χ1n) is 5.67. The van der Waals surface area contributed by atoms with Crippen molar-refractivity contribution in [2.45, 2.75) is 44.2 Å². The van der Waals surface area contributed by atoms with E-state index in [-0.39, 0.29) is 0 Å². The van der Waals surface area contributed by atoms with Crippen LogP contribution in [0.2, 0.25) is 0 Å². The molecule has 2 heterocycles. The predicted octanol–water partition coefficient (Wildman–Crippen LogP) is 2.65. The van der Waals surface area contributed by atoms with Gasteiger partial charge in [-0.1, -0.05) is 26.2 Å². The third kappa shape index (κ3) is 2.35. The number of hydrogen-bond acceptors (Lipinski definition) is 4. The fourth-order valence-electron chi connectivity index (χ4n) is 1.74. The van der Waals surface area contributed by atoms with Crippen LogP contribution in [-0.4, -0.2) is 19.5 Å². The molecule has 0 spiro atoms. The highest BCUT2D eigenvalue weighted by Gasteiger charge is 2.13. The van der Waals surface area contributed by atoms with Gasteiger partial charge in [-0.05, 0) is 6.42 Å². The van der Waals surface area contributed by atoms with Gasteiger partial charge in [-0.2, -0.15) is 0 Å². The minimum absolute atomic E-state index is 0.650. The van der Waals surface area contributed by atoms with E-state index < -0.39 is 0 Å². The number of rotatable bonds is 5. The molecular formula is C11H16N4S. The van der Waals surface area contributed by atoms with Crippen LogP contribution in [0.1, 0.15) is 32.6 Å². The van der Waals surface area contributed by atoms with E-state index in [0.29, 0.717) is 5.03 Å². The van der Waals surface area contributed by atoms with Crippen molar-refractivity contribution in [2.75, 3.05) is 0 Å². The highest BCUT2D eigenvalue weighted by molar-refractivity contribution is 7.80. The summed E-state index contributed by atoms with van der Waals surface area (Å²) in [5, 5.41) is 0.650. The first-order chi connectivity index (χ1) is 7.83. The van der Waals surface area contributed by atoms with Gasteiger partial charge in [0.05, 0.1) is 6.33 Å². The summed E-state index contributed by atoms with van der Waals surface area (Å²) in [6, 6.07) is 0. The second-order valence-corrected chi connectivity index (χ2v) is 4.29. The summed E-state index contributed by atoms with van der Waals surface area (Å²) in [5.74, 6) is 0.886. The number of thiol groups is 1. The molecule has 86 valence electrons. The first-order valence-corrected chi connectivity index (χ1v) is 6.12. The molecule has 0 radical (unpaired) electrons. The van der Waals surface area contributed by atoms with Gasteiger partial charge in [-0.25, -0.2) is 15.0 Å². The molecule has 0 atom stereocenters. The number of aromatic nitrogens is 4. The standard InChI is InChI=1S/C11H16N4S/c1-2-3-4-5-6-15-8-14-11(16)9-10(15)13-7-12-9/h7-8,16H,2-6H2,1H3. The summed E-state index contributed by atoms with van der Waals surface area (Å²) in [6.07, 6.45) is 8.31. The highest BCUT2D eigenvalue weighted by Crippen LogP contribution is 2.22. The Kier molecular flexibility index (Phi) is 3.77. The Bertz CT molecular complexity index is 426. The lowest BCUT2D eigenvalue weighted by Crippen LogP contribution is -2.06. The fraction of sp³-hybridized carbons (Fsp3) is 0.545. The average Bonchev–Trinajstić information content (AvgIpc) is 2.77. The van der Waals surface area contributed by atoms with Gasteiger partial charge in [0.15, 0.2) is 5.82 Å². The minimum atomic E-state index is 0.650. The first kappa shape index (κ1) is 11.4. The van der Waals surface area contributed by atoms with Crippen LogP contribution in [0, 0.1) is 0 Å². The van der Waals surface area contributed by atoms with Crippen LogP contribution >= 0.6 is 12.6 Å². The van der Waals surface area contributed by atoms with Crippen molar-refractivity contribution in [3.63, 3.8) is 0 Å². The molecule has 0 aromatic heterocycles. The smallest absolute Gasteiger partial charge is 0.164 e. The maximum absolute atomic E-state index is 4.26. The zero-order valence-electron chi connectivity index (χ0n) is 9.43. The Hall–Kier alpha value is -1.10. The lowest BCUT2D eigenvalue weighted by atomic mass is 10.2. The summed E-state index contributed by atoms with van der Waals surface area (Å²) in [4.78, 5) is 12.6. The zero-order valence-corrected chi connectivity index (χ0v) is 10.3. The molecule has 0 unspecified atom stereocenters. The lowest BCUT2D eigenvalue weighted by Gasteiger charge is -2.10. The van der Waals surface area contributed by atoms with E-state index in [4.69, 9.17) is 0 Å². The molecule has 4 nitrogen and oxygen atoms in total. The third-order valence-electron chi connectivity index (χ3n) is 2.63. The van der Waals surface area contributed by atoms with Gasteiger partial charge in [0.25, 0.3) is 0 Å². The van der Waals surface area contributed by atoms with Gasteiger partial charge in [0.2, 0.25) is 0 Å². The van der Waals surface area contributed by atoms with Crippen molar-refractivity contribution in [1.29, 1.82) is 0 Å². The summed E-state index contributed by atoms with van der Waals surface area (Å²) in [6.45, 7) is 3.17.